The summed E-state index contributed by atoms with van der Waals surface area (Å²) in [5.74, 6) is 0.349. The lowest BCUT2D eigenvalue weighted by atomic mass is 10.0. The van der Waals surface area contributed by atoms with Crippen molar-refractivity contribution in [3.8, 4) is 11.5 Å². The molecule has 1 aliphatic rings. The summed E-state index contributed by atoms with van der Waals surface area (Å²) in [5, 5.41) is 3.25. The SMILES string of the molecule is CCOc1ccc(N2C(=O)C(Nc3cccc(C)c3C)=C(c3ccccc3OC)C2=O)cc1. The minimum absolute atomic E-state index is 0.215. The minimum Gasteiger partial charge on any atom is -0.496 e. The van der Waals surface area contributed by atoms with Crippen LogP contribution in [-0.2, 0) is 9.59 Å². The number of carbonyl (C=O) groups excluding carboxylic acids is 2. The fourth-order valence-corrected chi connectivity index (χ4v) is 3.86. The van der Waals surface area contributed by atoms with E-state index in [4.69, 9.17) is 9.47 Å². The molecule has 3 aromatic rings. The Kier molecular flexibility index (Phi) is 6.18. The topological polar surface area (TPSA) is 67.9 Å². The Morgan fingerprint density at radius 2 is 1.61 bits per heavy atom. The van der Waals surface area contributed by atoms with Crippen LogP contribution >= 0.6 is 0 Å². The van der Waals surface area contributed by atoms with Crippen LogP contribution in [0.1, 0.15) is 23.6 Å². The van der Waals surface area contributed by atoms with Crippen LogP contribution in [0, 0.1) is 13.8 Å². The molecule has 1 N–H and O–H groups in total. The van der Waals surface area contributed by atoms with Gasteiger partial charge in [0.15, 0.2) is 0 Å². The van der Waals surface area contributed by atoms with Gasteiger partial charge in [-0.2, -0.15) is 0 Å². The van der Waals surface area contributed by atoms with Crippen LogP contribution in [0.5, 0.6) is 11.5 Å². The number of nitrogens with one attached hydrogen (secondary N) is 1. The summed E-state index contributed by atoms with van der Waals surface area (Å²) in [5.41, 5.74) is 4.37. The lowest BCUT2D eigenvalue weighted by molar-refractivity contribution is -0.120. The maximum absolute atomic E-state index is 13.7. The number of aryl methyl sites for hydroxylation is 1. The molecular weight excluding hydrogens is 416 g/mol. The van der Waals surface area contributed by atoms with Crippen molar-refractivity contribution >= 4 is 28.8 Å². The summed E-state index contributed by atoms with van der Waals surface area (Å²) in [7, 11) is 1.54. The number of amides is 2. The first-order valence-electron chi connectivity index (χ1n) is 10.8. The van der Waals surface area contributed by atoms with Crippen LogP contribution in [0.15, 0.2) is 72.4 Å². The zero-order chi connectivity index (χ0) is 23.5. The van der Waals surface area contributed by atoms with Crippen molar-refractivity contribution in [1.82, 2.24) is 0 Å². The van der Waals surface area contributed by atoms with Gasteiger partial charge < -0.3 is 14.8 Å². The molecule has 0 unspecified atom stereocenters. The fraction of sp³-hybridized carbons (Fsp3) is 0.185. The van der Waals surface area contributed by atoms with Crippen molar-refractivity contribution in [2.24, 2.45) is 0 Å². The van der Waals surface area contributed by atoms with Crippen molar-refractivity contribution in [2.75, 3.05) is 23.9 Å². The van der Waals surface area contributed by atoms with Gasteiger partial charge in [-0.1, -0.05) is 30.3 Å². The predicted octanol–water partition coefficient (Wildman–Crippen LogP) is 5.11. The average molecular weight is 443 g/mol. The maximum Gasteiger partial charge on any atom is 0.282 e. The van der Waals surface area contributed by atoms with Gasteiger partial charge in [-0.05, 0) is 68.3 Å². The molecule has 0 saturated carbocycles. The zero-order valence-corrected chi connectivity index (χ0v) is 19.1. The van der Waals surface area contributed by atoms with E-state index in [1.165, 1.54) is 4.90 Å². The first kappa shape index (κ1) is 22.1. The lowest BCUT2D eigenvalue weighted by Crippen LogP contribution is -2.32. The highest BCUT2D eigenvalue weighted by Crippen LogP contribution is 2.38. The quantitative estimate of drug-likeness (QED) is 0.515. The molecule has 3 aromatic carbocycles. The van der Waals surface area contributed by atoms with Crippen LogP contribution in [0.4, 0.5) is 11.4 Å². The van der Waals surface area contributed by atoms with Gasteiger partial charge in [0, 0.05) is 11.3 Å². The largest absolute Gasteiger partial charge is 0.496 e. The molecule has 0 fully saturated rings. The van der Waals surface area contributed by atoms with Crippen molar-refractivity contribution < 1.29 is 19.1 Å². The van der Waals surface area contributed by atoms with E-state index in [1.807, 2.05) is 51.1 Å². The van der Waals surface area contributed by atoms with Crippen molar-refractivity contribution in [2.45, 2.75) is 20.8 Å². The number of carbonyl (C=O) groups is 2. The molecular formula is C27H26N2O4. The monoisotopic (exact) mass is 442 g/mol. The first-order valence-corrected chi connectivity index (χ1v) is 10.8. The summed E-state index contributed by atoms with van der Waals surface area (Å²) in [6, 6.07) is 19.9. The van der Waals surface area contributed by atoms with Gasteiger partial charge in [-0.25, -0.2) is 4.90 Å². The third kappa shape index (κ3) is 4.07. The number of rotatable bonds is 7. The van der Waals surface area contributed by atoms with Gasteiger partial charge in [0.25, 0.3) is 11.8 Å². The molecule has 0 radical (unpaired) electrons. The summed E-state index contributed by atoms with van der Waals surface area (Å²) in [6.45, 7) is 6.41. The Morgan fingerprint density at radius 1 is 0.879 bits per heavy atom. The number of para-hydroxylation sites is 1. The third-order valence-electron chi connectivity index (χ3n) is 5.73. The molecule has 33 heavy (non-hydrogen) atoms. The van der Waals surface area contributed by atoms with Gasteiger partial charge in [0.2, 0.25) is 0 Å². The van der Waals surface area contributed by atoms with Gasteiger partial charge in [0.05, 0.1) is 25.0 Å². The second kappa shape index (κ2) is 9.20. The Morgan fingerprint density at radius 3 is 2.30 bits per heavy atom. The molecule has 0 saturated heterocycles. The highest BCUT2D eigenvalue weighted by molar-refractivity contribution is 6.46. The summed E-state index contributed by atoms with van der Waals surface area (Å²) in [6.07, 6.45) is 0. The molecule has 1 heterocycles. The smallest absolute Gasteiger partial charge is 0.282 e. The predicted molar refractivity (Wildman–Crippen MR) is 130 cm³/mol. The van der Waals surface area contributed by atoms with Gasteiger partial charge in [-0.3, -0.25) is 9.59 Å². The number of anilines is 2. The number of imide groups is 1. The highest BCUT2D eigenvalue weighted by Gasteiger charge is 2.41. The second-order valence-electron chi connectivity index (χ2n) is 7.70. The summed E-state index contributed by atoms with van der Waals surface area (Å²) < 4.78 is 11.0. The second-order valence-corrected chi connectivity index (χ2v) is 7.70. The Hall–Kier alpha value is -4.06. The van der Waals surface area contributed by atoms with Crippen molar-refractivity contribution in [3.05, 3.63) is 89.1 Å². The molecule has 0 bridgehead atoms. The van der Waals surface area contributed by atoms with E-state index >= 15 is 0 Å². The van der Waals surface area contributed by atoms with Gasteiger partial charge >= 0.3 is 0 Å². The number of methoxy groups -OCH3 is 1. The van der Waals surface area contributed by atoms with E-state index in [2.05, 4.69) is 5.32 Å². The number of hydrogen-bond acceptors (Lipinski definition) is 5. The van der Waals surface area contributed by atoms with E-state index in [9.17, 15) is 9.59 Å². The number of nitrogens with zero attached hydrogens (tertiary/aromatic N) is 1. The highest BCUT2D eigenvalue weighted by atomic mass is 16.5. The standard InChI is InChI=1S/C27H26N2O4/c1-5-33-20-15-13-19(14-16-20)29-26(30)24(21-10-6-7-12-23(21)32-4)25(27(29)31)28-22-11-8-9-17(2)18(22)3/h6-16,28H,5H2,1-4H3. The first-order chi connectivity index (χ1) is 16.0. The fourth-order valence-electron chi connectivity index (χ4n) is 3.86. The van der Waals surface area contributed by atoms with E-state index < -0.39 is 11.8 Å². The molecule has 2 amide bonds. The zero-order valence-electron chi connectivity index (χ0n) is 19.1. The van der Waals surface area contributed by atoms with E-state index in [-0.39, 0.29) is 11.3 Å². The molecule has 6 heteroatoms. The molecule has 168 valence electrons. The van der Waals surface area contributed by atoms with Crippen LogP contribution in [-0.4, -0.2) is 25.5 Å². The normalized spacial score (nSPS) is 13.5. The average Bonchev–Trinajstić information content (AvgIpc) is 3.06. The number of benzene rings is 3. The van der Waals surface area contributed by atoms with Gasteiger partial charge in [0.1, 0.15) is 17.2 Å². The summed E-state index contributed by atoms with van der Waals surface area (Å²) >= 11 is 0. The van der Waals surface area contributed by atoms with E-state index in [1.54, 1.807) is 43.5 Å². The van der Waals surface area contributed by atoms with E-state index in [0.717, 1.165) is 16.8 Å². The molecule has 0 spiro atoms. The summed E-state index contributed by atoms with van der Waals surface area (Å²) in [4.78, 5) is 28.5. The number of ether oxygens (including phenoxy) is 2. The van der Waals surface area contributed by atoms with Crippen LogP contribution < -0.4 is 19.7 Å². The minimum atomic E-state index is -0.425. The number of hydrogen-bond donors (Lipinski definition) is 1. The molecule has 4 rings (SSSR count). The third-order valence-corrected chi connectivity index (χ3v) is 5.73. The van der Waals surface area contributed by atoms with Crippen LogP contribution in [0.3, 0.4) is 0 Å². The molecule has 0 aromatic heterocycles. The Labute approximate surface area is 193 Å². The van der Waals surface area contributed by atoms with Crippen LogP contribution in [0.2, 0.25) is 0 Å². The van der Waals surface area contributed by atoms with Crippen LogP contribution in [0.25, 0.3) is 5.57 Å². The molecule has 6 nitrogen and oxygen atoms in total. The molecule has 0 aliphatic carbocycles. The maximum atomic E-state index is 13.7. The van der Waals surface area contributed by atoms with Crippen molar-refractivity contribution in [1.29, 1.82) is 0 Å². The van der Waals surface area contributed by atoms with E-state index in [0.29, 0.717) is 29.4 Å². The lowest BCUT2D eigenvalue weighted by Gasteiger charge is -2.16. The molecule has 0 atom stereocenters. The Bertz CT molecular complexity index is 1250. The Balaban J connectivity index is 1.83. The van der Waals surface area contributed by atoms with Gasteiger partial charge in [-0.15, -0.1) is 0 Å². The molecule has 1 aliphatic heterocycles. The van der Waals surface area contributed by atoms with Crippen molar-refractivity contribution in [3.63, 3.8) is 0 Å².